The van der Waals surface area contributed by atoms with Crippen LogP contribution in [0.2, 0.25) is 0 Å². The van der Waals surface area contributed by atoms with Crippen molar-refractivity contribution < 1.29 is 28.5 Å². The number of hydrogen-bond donors (Lipinski definition) is 0. The molecule has 1 saturated carbocycles. The Morgan fingerprint density at radius 2 is 1.55 bits per heavy atom. The van der Waals surface area contributed by atoms with E-state index < -0.39 is 17.3 Å². The number of carbonyl (C=O) groups excluding carboxylic acids is 2. The Bertz CT molecular complexity index is 1540. The van der Waals surface area contributed by atoms with E-state index in [0.717, 1.165) is 59.1 Å². The van der Waals surface area contributed by atoms with Crippen molar-refractivity contribution in [2.75, 3.05) is 33.0 Å². The van der Waals surface area contributed by atoms with E-state index >= 15 is 0 Å². The second-order valence-electron chi connectivity index (χ2n) is 14.1. The van der Waals surface area contributed by atoms with Crippen LogP contribution in [0.5, 0.6) is 0 Å². The van der Waals surface area contributed by atoms with Crippen molar-refractivity contribution >= 4 is 23.2 Å². The van der Waals surface area contributed by atoms with E-state index in [-0.39, 0.29) is 18.1 Å². The van der Waals surface area contributed by atoms with E-state index in [0.29, 0.717) is 44.5 Å². The summed E-state index contributed by atoms with van der Waals surface area (Å²) in [7, 11) is 0. The lowest BCUT2D eigenvalue weighted by Crippen LogP contribution is -2.46. The summed E-state index contributed by atoms with van der Waals surface area (Å²) in [6, 6.07) is 5.89. The molecule has 2 saturated heterocycles. The Balaban J connectivity index is 1.42. The average Bonchev–Trinajstić information content (AvgIpc) is 3.75. The standard InChI is InChI=1S/C34H44N4O6/c1-33(2,3)43-31(39)37-13-16-42-20-28(37)29-24(22-11-14-41-15-12-22)9-10-27(36-29)23-17-25-26(21-7-8-21)19-38(30(25)35-18-23)32(40)44-34(4,5)6/h9-10,17-19,21-22,28H,7-8,11-16,20H2,1-6H3/t28-/m1/s1. The van der Waals surface area contributed by atoms with Gasteiger partial charge in [-0.3, -0.25) is 9.88 Å². The second-order valence-corrected chi connectivity index (χ2v) is 14.1. The highest BCUT2D eigenvalue weighted by Crippen LogP contribution is 2.44. The molecule has 0 bridgehead atoms. The van der Waals surface area contributed by atoms with Crippen molar-refractivity contribution in [3.05, 3.63) is 47.4 Å². The maximum absolute atomic E-state index is 13.4. The Morgan fingerprint density at radius 1 is 0.864 bits per heavy atom. The zero-order valence-electron chi connectivity index (χ0n) is 26.7. The summed E-state index contributed by atoms with van der Waals surface area (Å²) in [6.07, 6.45) is 6.81. The molecule has 3 aliphatic rings. The van der Waals surface area contributed by atoms with Gasteiger partial charge >= 0.3 is 12.2 Å². The van der Waals surface area contributed by atoms with Crippen LogP contribution in [0, 0.1) is 0 Å². The number of nitrogens with zero attached hydrogens (tertiary/aromatic N) is 4. The highest BCUT2D eigenvalue weighted by molar-refractivity contribution is 5.92. The largest absolute Gasteiger partial charge is 0.444 e. The van der Waals surface area contributed by atoms with Gasteiger partial charge < -0.3 is 18.9 Å². The average molecular weight is 605 g/mol. The van der Waals surface area contributed by atoms with Gasteiger partial charge in [-0.25, -0.2) is 19.1 Å². The van der Waals surface area contributed by atoms with Crippen LogP contribution in [0.15, 0.2) is 30.6 Å². The molecule has 1 atom stereocenters. The molecular formula is C34H44N4O6. The zero-order chi connectivity index (χ0) is 31.2. The second kappa shape index (κ2) is 11.8. The van der Waals surface area contributed by atoms with Crippen LogP contribution in [-0.2, 0) is 18.9 Å². The molecule has 6 rings (SSSR count). The fraction of sp³-hybridized carbons (Fsp3) is 0.588. The van der Waals surface area contributed by atoms with E-state index in [1.54, 1.807) is 11.1 Å². The van der Waals surface area contributed by atoms with Gasteiger partial charge in [0.25, 0.3) is 0 Å². The molecule has 10 heteroatoms. The van der Waals surface area contributed by atoms with Gasteiger partial charge in [-0.1, -0.05) is 6.07 Å². The van der Waals surface area contributed by atoms with Gasteiger partial charge in [0, 0.05) is 43.1 Å². The van der Waals surface area contributed by atoms with Crippen LogP contribution in [0.25, 0.3) is 22.3 Å². The lowest BCUT2D eigenvalue weighted by atomic mass is 9.87. The fourth-order valence-corrected chi connectivity index (χ4v) is 6.08. The van der Waals surface area contributed by atoms with E-state index in [1.807, 2.05) is 53.8 Å². The maximum atomic E-state index is 13.4. The van der Waals surface area contributed by atoms with Crippen LogP contribution in [-0.4, -0.2) is 75.8 Å². The lowest BCUT2D eigenvalue weighted by Gasteiger charge is -2.38. The molecule has 2 aliphatic heterocycles. The molecule has 5 heterocycles. The summed E-state index contributed by atoms with van der Waals surface area (Å²) >= 11 is 0. The van der Waals surface area contributed by atoms with Crippen LogP contribution in [0.3, 0.4) is 0 Å². The van der Waals surface area contributed by atoms with Crippen molar-refractivity contribution in [2.24, 2.45) is 0 Å². The smallest absolute Gasteiger partial charge is 0.420 e. The Hall–Kier alpha value is -3.50. The molecule has 3 aromatic heterocycles. The summed E-state index contributed by atoms with van der Waals surface area (Å²) < 4.78 is 24.6. The topological polar surface area (TPSA) is 105 Å². The number of ether oxygens (including phenoxy) is 4. The quantitative estimate of drug-likeness (QED) is 0.315. The van der Waals surface area contributed by atoms with Crippen molar-refractivity contribution in [3.63, 3.8) is 0 Å². The van der Waals surface area contributed by atoms with Gasteiger partial charge in [-0.2, -0.15) is 0 Å². The van der Waals surface area contributed by atoms with Gasteiger partial charge in [0.05, 0.1) is 24.6 Å². The van der Waals surface area contributed by atoms with Crippen molar-refractivity contribution in [1.29, 1.82) is 0 Å². The first-order valence-electron chi connectivity index (χ1n) is 15.8. The van der Waals surface area contributed by atoms with Gasteiger partial charge in [-0.15, -0.1) is 0 Å². The Kier molecular flexibility index (Phi) is 8.17. The number of rotatable bonds is 4. The predicted molar refractivity (Wildman–Crippen MR) is 166 cm³/mol. The van der Waals surface area contributed by atoms with E-state index in [9.17, 15) is 9.59 Å². The molecule has 1 amide bonds. The van der Waals surface area contributed by atoms with E-state index in [2.05, 4.69) is 12.1 Å². The van der Waals surface area contributed by atoms with Crippen molar-refractivity contribution in [2.45, 2.75) is 96.3 Å². The normalized spacial score (nSPS) is 20.1. The number of hydrogen-bond acceptors (Lipinski definition) is 8. The molecule has 3 fully saturated rings. The Morgan fingerprint density at radius 3 is 2.23 bits per heavy atom. The van der Waals surface area contributed by atoms with Crippen molar-refractivity contribution in [1.82, 2.24) is 19.4 Å². The summed E-state index contributed by atoms with van der Waals surface area (Å²) in [4.78, 5) is 38.3. The van der Waals surface area contributed by atoms with Crippen LogP contribution < -0.4 is 0 Å². The summed E-state index contributed by atoms with van der Waals surface area (Å²) in [5.74, 6) is 0.673. The minimum Gasteiger partial charge on any atom is -0.444 e. The number of carbonyl (C=O) groups is 2. The zero-order valence-corrected chi connectivity index (χ0v) is 26.7. The number of aromatic nitrogens is 3. The third kappa shape index (κ3) is 6.61. The number of pyridine rings is 2. The fourth-order valence-electron chi connectivity index (χ4n) is 6.08. The number of morpholine rings is 1. The third-order valence-electron chi connectivity index (χ3n) is 8.27. The number of fused-ring (bicyclic) bond motifs is 1. The highest BCUT2D eigenvalue weighted by Gasteiger charge is 2.36. The Labute approximate surface area is 259 Å². The molecule has 3 aromatic rings. The van der Waals surface area contributed by atoms with Crippen molar-refractivity contribution in [3.8, 4) is 11.3 Å². The monoisotopic (exact) mass is 604 g/mol. The molecule has 0 radical (unpaired) electrons. The molecular weight excluding hydrogens is 560 g/mol. The first-order valence-corrected chi connectivity index (χ1v) is 15.8. The lowest BCUT2D eigenvalue weighted by molar-refractivity contribution is -0.0344. The SMILES string of the molecule is CC(C)(C)OC(=O)N1CCOC[C@@H]1c1nc(-c2cnc3c(c2)c(C2CC2)cn3C(=O)OC(C)(C)C)ccc1C1CCOCC1. The number of amides is 1. The van der Waals surface area contributed by atoms with Crippen LogP contribution in [0.1, 0.15) is 102 Å². The van der Waals surface area contributed by atoms with Gasteiger partial charge in [0.2, 0.25) is 0 Å². The van der Waals surface area contributed by atoms with Gasteiger partial charge in [0.1, 0.15) is 22.9 Å². The van der Waals surface area contributed by atoms with Gasteiger partial charge in [-0.05, 0) is 102 Å². The minimum atomic E-state index is -0.616. The molecule has 236 valence electrons. The molecule has 44 heavy (non-hydrogen) atoms. The molecule has 10 nitrogen and oxygen atoms in total. The molecule has 0 unspecified atom stereocenters. The molecule has 1 aliphatic carbocycles. The summed E-state index contributed by atoms with van der Waals surface area (Å²) in [5, 5.41) is 0.934. The third-order valence-corrected chi connectivity index (χ3v) is 8.27. The highest BCUT2D eigenvalue weighted by atomic mass is 16.6. The molecule has 0 N–H and O–H groups in total. The maximum Gasteiger partial charge on any atom is 0.420 e. The molecule has 0 spiro atoms. The predicted octanol–water partition coefficient (Wildman–Crippen LogP) is 6.96. The molecule has 0 aromatic carbocycles. The summed E-state index contributed by atoms with van der Waals surface area (Å²) in [5.41, 5.74) is 4.01. The van der Waals surface area contributed by atoms with E-state index in [1.165, 1.54) is 4.57 Å². The van der Waals surface area contributed by atoms with Crippen LogP contribution in [0.4, 0.5) is 9.59 Å². The minimum absolute atomic E-state index is 0.271. The summed E-state index contributed by atoms with van der Waals surface area (Å²) in [6.45, 7) is 13.8. The van der Waals surface area contributed by atoms with Gasteiger partial charge in [0.15, 0.2) is 0 Å². The van der Waals surface area contributed by atoms with Crippen LogP contribution >= 0.6 is 0 Å². The van der Waals surface area contributed by atoms with E-state index in [4.69, 9.17) is 28.9 Å². The first-order chi connectivity index (χ1) is 20.9. The first kappa shape index (κ1) is 30.5.